The Morgan fingerprint density at radius 2 is 1.70 bits per heavy atom. The number of rotatable bonds is 1. The fraction of sp³-hybridized carbons (Fsp3) is 0.583. The van der Waals surface area contributed by atoms with Crippen molar-refractivity contribution in [1.82, 2.24) is 0 Å². The van der Waals surface area contributed by atoms with Gasteiger partial charge >= 0.3 is 6.18 Å². The molecule has 1 aliphatic carbocycles. The molecule has 4 rings (SSSR count). The number of nitrogens with zero attached hydrogens (tertiary/aromatic N) is 3. The van der Waals surface area contributed by atoms with Gasteiger partial charge in [-0.15, -0.1) is 0 Å². The van der Waals surface area contributed by atoms with Gasteiger partial charge in [0.05, 0.1) is 29.7 Å². The lowest BCUT2D eigenvalue weighted by Crippen LogP contribution is -2.61. The first-order valence-corrected chi connectivity index (χ1v) is 10.7. The fourth-order valence-corrected chi connectivity index (χ4v) is 5.89. The van der Waals surface area contributed by atoms with Gasteiger partial charge in [0.25, 0.3) is 0 Å². The zero-order valence-corrected chi connectivity index (χ0v) is 18.5. The van der Waals surface area contributed by atoms with Crippen molar-refractivity contribution in [3.05, 3.63) is 35.4 Å². The number of ether oxygens (including phenoxy) is 2. The summed E-state index contributed by atoms with van der Waals surface area (Å²) >= 11 is 0. The molecule has 0 spiro atoms. The number of halogens is 3. The van der Waals surface area contributed by atoms with Crippen molar-refractivity contribution in [2.45, 2.75) is 58.1 Å². The van der Waals surface area contributed by atoms with Crippen LogP contribution in [0.1, 0.15) is 57.3 Å². The fourth-order valence-electron chi connectivity index (χ4n) is 5.89. The van der Waals surface area contributed by atoms with E-state index in [-0.39, 0.29) is 17.8 Å². The predicted molar refractivity (Wildman–Crippen MR) is 109 cm³/mol. The van der Waals surface area contributed by atoms with E-state index < -0.39 is 51.8 Å². The van der Waals surface area contributed by atoms with Crippen LogP contribution < -0.4 is 0 Å². The lowest BCUT2D eigenvalue weighted by atomic mass is 9.49. The van der Waals surface area contributed by atoms with Crippen LogP contribution in [0.4, 0.5) is 13.2 Å². The van der Waals surface area contributed by atoms with Gasteiger partial charge in [-0.1, -0.05) is 39.0 Å². The highest BCUT2D eigenvalue weighted by molar-refractivity contribution is 5.89. The Morgan fingerprint density at radius 1 is 1.06 bits per heavy atom. The second kappa shape index (κ2) is 6.95. The highest BCUT2D eigenvalue weighted by atomic mass is 19.4. The first kappa shape index (κ1) is 23.1. The average Bonchev–Trinajstić information content (AvgIpc) is 2.96. The van der Waals surface area contributed by atoms with E-state index in [2.05, 4.69) is 0 Å². The minimum Gasteiger partial charge on any atom is -0.447 e. The number of alkyl halides is 3. The second-order valence-corrected chi connectivity index (χ2v) is 10.2. The van der Waals surface area contributed by atoms with E-state index in [0.717, 1.165) is 12.1 Å². The van der Waals surface area contributed by atoms with Crippen molar-refractivity contribution in [2.75, 3.05) is 0 Å². The lowest BCUT2D eigenvalue weighted by Gasteiger charge is -2.54. The minimum atomic E-state index is -4.78. The normalized spacial score (nSPS) is 34.9. The van der Waals surface area contributed by atoms with E-state index in [1.54, 1.807) is 0 Å². The molecule has 1 aromatic rings. The van der Waals surface area contributed by atoms with Gasteiger partial charge < -0.3 is 9.47 Å². The van der Waals surface area contributed by atoms with Gasteiger partial charge in [-0.3, -0.25) is 5.41 Å². The SMILES string of the molecule is CC(C)(C)C1CCC23OC(=N)C(C#N)(C2C1)C(C#N)(C#N)C(c1ccccc1C(F)(F)F)O3. The van der Waals surface area contributed by atoms with E-state index in [9.17, 15) is 29.0 Å². The van der Waals surface area contributed by atoms with Gasteiger partial charge in [0.1, 0.15) is 6.10 Å². The van der Waals surface area contributed by atoms with Gasteiger partial charge in [-0.2, -0.15) is 29.0 Å². The Morgan fingerprint density at radius 3 is 2.24 bits per heavy atom. The van der Waals surface area contributed by atoms with Crippen LogP contribution >= 0.6 is 0 Å². The molecule has 9 heteroatoms. The molecule has 1 saturated carbocycles. The molecule has 2 heterocycles. The van der Waals surface area contributed by atoms with Crippen LogP contribution in [0.2, 0.25) is 0 Å². The quantitative estimate of drug-likeness (QED) is 0.600. The summed E-state index contributed by atoms with van der Waals surface area (Å²) in [5.41, 5.74) is -6.11. The van der Waals surface area contributed by atoms with Crippen molar-refractivity contribution in [1.29, 1.82) is 21.2 Å². The Hall–Kier alpha value is -3.09. The van der Waals surface area contributed by atoms with E-state index in [1.807, 2.05) is 39.0 Å². The zero-order chi connectivity index (χ0) is 24.4. The van der Waals surface area contributed by atoms with Gasteiger partial charge in [0.15, 0.2) is 5.41 Å². The third-order valence-corrected chi connectivity index (χ3v) is 7.68. The molecular weight excluding hydrogens is 433 g/mol. The molecule has 1 N–H and O–H groups in total. The topological polar surface area (TPSA) is 114 Å². The van der Waals surface area contributed by atoms with E-state index in [0.29, 0.717) is 12.8 Å². The van der Waals surface area contributed by atoms with Crippen LogP contribution in [-0.4, -0.2) is 11.7 Å². The molecule has 172 valence electrons. The molecule has 0 radical (unpaired) electrons. The maximum Gasteiger partial charge on any atom is 0.416 e. The van der Waals surface area contributed by atoms with E-state index in [4.69, 9.17) is 14.9 Å². The summed E-state index contributed by atoms with van der Waals surface area (Å²) < 4.78 is 53.7. The van der Waals surface area contributed by atoms with Crippen LogP contribution in [0.15, 0.2) is 24.3 Å². The maximum atomic E-state index is 13.9. The number of hydrogen-bond acceptors (Lipinski definition) is 6. The van der Waals surface area contributed by atoms with Gasteiger partial charge in [-0.25, -0.2) is 0 Å². The highest BCUT2D eigenvalue weighted by Crippen LogP contribution is 2.71. The molecule has 0 amide bonds. The Kier molecular flexibility index (Phi) is 4.86. The molecule has 1 aromatic carbocycles. The Balaban J connectivity index is 1.99. The number of benzene rings is 1. The van der Waals surface area contributed by atoms with Gasteiger partial charge in [-0.05, 0) is 35.8 Å². The second-order valence-electron chi connectivity index (χ2n) is 10.2. The van der Waals surface area contributed by atoms with Crippen LogP contribution in [0.25, 0.3) is 0 Å². The maximum absolute atomic E-state index is 13.9. The Bertz CT molecular complexity index is 1120. The molecule has 2 saturated heterocycles. The van der Waals surface area contributed by atoms with Gasteiger partial charge in [0, 0.05) is 6.42 Å². The minimum absolute atomic E-state index is 0.0792. The molecule has 3 fully saturated rings. The summed E-state index contributed by atoms with van der Waals surface area (Å²) in [6, 6.07) is 10.3. The van der Waals surface area contributed by atoms with Crippen LogP contribution in [0, 0.1) is 67.5 Å². The van der Waals surface area contributed by atoms with Gasteiger partial charge in [0.2, 0.25) is 17.1 Å². The van der Waals surface area contributed by atoms with Crippen LogP contribution in [0.5, 0.6) is 0 Å². The zero-order valence-electron chi connectivity index (χ0n) is 18.5. The number of nitriles is 3. The molecule has 3 aliphatic rings. The summed E-state index contributed by atoms with van der Waals surface area (Å²) in [7, 11) is 0. The molecule has 5 unspecified atom stereocenters. The largest absolute Gasteiger partial charge is 0.447 e. The van der Waals surface area contributed by atoms with Crippen LogP contribution in [-0.2, 0) is 15.7 Å². The molecule has 2 aliphatic heterocycles. The van der Waals surface area contributed by atoms with Crippen molar-refractivity contribution < 1.29 is 22.6 Å². The summed E-state index contributed by atoms with van der Waals surface area (Å²) in [5, 5.41) is 39.5. The molecular formula is C24H23F3N4O2. The summed E-state index contributed by atoms with van der Waals surface area (Å²) in [6.07, 6.45) is -5.31. The van der Waals surface area contributed by atoms with Crippen molar-refractivity contribution in [2.24, 2.45) is 28.1 Å². The van der Waals surface area contributed by atoms with Crippen molar-refractivity contribution >= 4 is 5.90 Å². The van der Waals surface area contributed by atoms with E-state index >= 15 is 0 Å². The van der Waals surface area contributed by atoms with Crippen LogP contribution in [0.3, 0.4) is 0 Å². The molecule has 6 nitrogen and oxygen atoms in total. The molecule has 33 heavy (non-hydrogen) atoms. The Labute approximate surface area is 190 Å². The average molecular weight is 456 g/mol. The monoisotopic (exact) mass is 456 g/mol. The van der Waals surface area contributed by atoms with Crippen molar-refractivity contribution in [3.8, 4) is 18.2 Å². The molecule has 5 atom stereocenters. The van der Waals surface area contributed by atoms with Crippen molar-refractivity contribution in [3.63, 3.8) is 0 Å². The summed E-state index contributed by atoms with van der Waals surface area (Å²) in [4.78, 5) is 0. The third kappa shape index (κ3) is 2.84. The summed E-state index contributed by atoms with van der Waals surface area (Å²) in [5.74, 6) is -2.89. The first-order chi connectivity index (χ1) is 15.3. The number of hydrogen-bond donors (Lipinski definition) is 1. The molecule has 2 bridgehead atoms. The standard InChI is InChI=1S/C24H23F3N4O2/c1-20(2,3)14-8-9-23-17(10-14)22(13-30,19(31)33-23)21(11-28,12-29)18(32-23)15-6-4-5-7-16(15)24(25,26)27/h4-7,14,17-18,31H,8-10H2,1-3H3. The highest BCUT2D eigenvalue weighted by Gasteiger charge is 2.81. The lowest BCUT2D eigenvalue weighted by molar-refractivity contribution is -0.302. The third-order valence-electron chi connectivity index (χ3n) is 7.68. The summed E-state index contributed by atoms with van der Waals surface area (Å²) in [6.45, 7) is 6.12. The predicted octanol–water partition coefficient (Wildman–Crippen LogP) is 5.49. The smallest absolute Gasteiger partial charge is 0.416 e. The van der Waals surface area contributed by atoms with E-state index in [1.165, 1.54) is 12.1 Å². The number of nitrogens with one attached hydrogen (secondary N) is 1. The first-order valence-electron chi connectivity index (χ1n) is 10.7. The molecule has 0 aromatic heterocycles.